The number of carbonyl (C=O) groups is 1. The van der Waals surface area contributed by atoms with E-state index in [-0.39, 0.29) is 6.42 Å². The minimum Gasteiger partial charge on any atom is -0.481 e. The van der Waals surface area contributed by atoms with E-state index in [9.17, 15) is 4.79 Å². The maximum atomic E-state index is 10.9. The van der Waals surface area contributed by atoms with Crippen LogP contribution in [0.5, 0.6) is 0 Å². The number of rotatable bonds is 10. The fourth-order valence-electron chi connectivity index (χ4n) is 4.28. The molecule has 2 aromatic heterocycles. The molecule has 34 heavy (non-hydrogen) atoms. The Morgan fingerprint density at radius 2 is 1.85 bits per heavy atom. The van der Waals surface area contributed by atoms with Gasteiger partial charge in [0.25, 0.3) is 0 Å². The van der Waals surface area contributed by atoms with E-state index in [1.807, 2.05) is 24.6 Å². The first-order valence-corrected chi connectivity index (χ1v) is 11.6. The standard InChI is InChI=1S/C27H30N4O3/c1-19-8-9-22(27-20(2)29-34-21(27)3)17-25(19)31(15-6-4-5-7-26(32)33)24-12-10-23(11-13-24)30-16-14-28-18-30/h8-14,16-18H,4-7,15H2,1-3H3,(H,32,33). The summed E-state index contributed by atoms with van der Waals surface area (Å²) in [6.07, 6.45) is 8.12. The number of aromatic nitrogens is 3. The summed E-state index contributed by atoms with van der Waals surface area (Å²) >= 11 is 0. The maximum Gasteiger partial charge on any atom is 0.303 e. The van der Waals surface area contributed by atoms with Crippen LogP contribution in [0, 0.1) is 20.8 Å². The van der Waals surface area contributed by atoms with Gasteiger partial charge < -0.3 is 19.1 Å². The number of imidazole rings is 1. The summed E-state index contributed by atoms with van der Waals surface area (Å²) < 4.78 is 7.38. The molecular weight excluding hydrogens is 428 g/mol. The highest BCUT2D eigenvalue weighted by molar-refractivity contribution is 5.76. The molecule has 0 spiro atoms. The lowest BCUT2D eigenvalue weighted by molar-refractivity contribution is -0.137. The minimum absolute atomic E-state index is 0.208. The molecule has 0 saturated heterocycles. The van der Waals surface area contributed by atoms with Crippen molar-refractivity contribution >= 4 is 17.3 Å². The second-order valence-electron chi connectivity index (χ2n) is 8.54. The average Bonchev–Trinajstić information content (AvgIpc) is 3.47. The van der Waals surface area contributed by atoms with Crippen molar-refractivity contribution in [1.82, 2.24) is 14.7 Å². The molecule has 2 aromatic carbocycles. The summed E-state index contributed by atoms with van der Waals surface area (Å²) in [5.74, 6) is 0.0622. The normalized spacial score (nSPS) is 11.0. The molecule has 0 bridgehead atoms. The Labute approximate surface area is 199 Å². The number of unbranched alkanes of at least 4 members (excludes halogenated alkanes) is 2. The van der Waals surface area contributed by atoms with Crippen LogP contribution in [0.4, 0.5) is 11.4 Å². The Morgan fingerprint density at radius 3 is 2.50 bits per heavy atom. The van der Waals surface area contributed by atoms with E-state index in [2.05, 4.69) is 64.4 Å². The number of carboxylic acids is 1. The number of carboxylic acid groups (broad SMARTS) is 1. The third-order valence-corrected chi connectivity index (χ3v) is 6.06. The van der Waals surface area contributed by atoms with Gasteiger partial charge >= 0.3 is 5.97 Å². The van der Waals surface area contributed by atoms with Gasteiger partial charge in [-0.05, 0) is 75.1 Å². The third-order valence-electron chi connectivity index (χ3n) is 6.06. The van der Waals surface area contributed by atoms with E-state index in [0.717, 1.165) is 59.0 Å². The van der Waals surface area contributed by atoms with E-state index >= 15 is 0 Å². The van der Waals surface area contributed by atoms with Crippen molar-refractivity contribution in [1.29, 1.82) is 0 Å². The summed E-state index contributed by atoms with van der Waals surface area (Å²) in [5.41, 5.74) is 7.38. The smallest absolute Gasteiger partial charge is 0.303 e. The molecule has 0 aliphatic heterocycles. The van der Waals surface area contributed by atoms with Crippen LogP contribution in [-0.2, 0) is 4.79 Å². The van der Waals surface area contributed by atoms with Gasteiger partial charge in [-0.3, -0.25) is 4.79 Å². The zero-order chi connectivity index (χ0) is 24.1. The average molecular weight is 459 g/mol. The van der Waals surface area contributed by atoms with Crippen LogP contribution in [0.2, 0.25) is 0 Å². The van der Waals surface area contributed by atoms with Crippen LogP contribution in [-0.4, -0.2) is 32.3 Å². The molecule has 1 N–H and O–H groups in total. The molecule has 176 valence electrons. The van der Waals surface area contributed by atoms with Gasteiger partial charge in [0.15, 0.2) is 0 Å². The lowest BCUT2D eigenvalue weighted by Crippen LogP contribution is -2.19. The number of aliphatic carboxylic acids is 1. The highest BCUT2D eigenvalue weighted by atomic mass is 16.5. The number of benzene rings is 2. The van der Waals surface area contributed by atoms with Crippen LogP contribution in [0.25, 0.3) is 16.8 Å². The molecule has 0 unspecified atom stereocenters. The SMILES string of the molecule is Cc1ccc(-c2c(C)noc2C)cc1N(CCCCCC(=O)O)c1ccc(-n2ccnc2)cc1. The topological polar surface area (TPSA) is 84.4 Å². The van der Waals surface area contributed by atoms with Crippen molar-refractivity contribution in [2.24, 2.45) is 0 Å². The fourth-order valence-corrected chi connectivity index (χ4v) is 4.28. The van der Waals surface area contributed by atoms with Crippen LogP contribution in [0.1, 0.15) is 42.7 Å². The van der Waals surface area contributed by atoms with Gasteiger partial charge in [-0.1, -0.05) is 23.7 Å². The maximum absolute atomic E-state index is 10.9. The molecule has 0 aliphatic rings. The Balaban J connectivity index is 1.66. The number of hydrogen-bond donors (Lipinski definition) is 1. The Hall–Kier alpha value is -3.87. The second-order valence-corrected chi connectivity index (χ2v) is 8.54. The van der Waals surface area contributed by atoms with E-state index in [1.54, 1.807) is 12.5 Å². The van der Waals surface area contributed by atoms with Gasteiger partial charge in [-0.25, -0.2) is 4.98 Å². The zero-order valence-corrected chi connectivity index (χ0v) is 19.9. The van der Waals surface area contributed by atoms with Gasteiger partial charge in [0, 0.05) is 48.0 Å². The van der Waals surface area contributed by atoms with Gasteiger partial charge in [-0.15, -0.1) is 0 Å². The molecule has 0 amide bonds. The Morgan fingerprint density at radius 1 is 1.06 bits per heavy atom. The molecule has 4 aromatic rings. The third kappa shape index (κ3) is 5.20. The van der Waals surface area contributed by atoms with Gasteiger partial charge in [-0.2, -0.15) is 0 Å². The van der Waals surface area contributed by atoms with E-state index in [4.69, 9.17) is 9.63 Å². The molecule has 4 rings (SSSR count). The Kier molecular flexibility index (Phi) is 7.11. The van der Waals surface area contributed by atoms with Crippen molar-refractivity contribution < 1.29 is 14.4 Å². The number of nitrogens with zero attached hydrogens (tertiary/aromatic N) is 4. The molecule has 7 heteroatoms. The predicted octanol–water partition coefficient (Wildman–Crippen LogP) is 6.24. The minimum atomic E-state index is -0.741. The molecule has 0 fully saturated rings. The molecule has 0 atom stereocenters. The van der Waals surface area contributed by atoms with Crippen LogP contribution >= 0.6 is 0 Å². The molecule has 0 aliphatic carbocycles. The van der Waals surface area contributed by atoms with E-state index in [0.29, 0.717) is 6.42 Å². The number of anilines is 2. The first-order chi connectivity index (χ1) is 16.4. The zero-order valence-electron chi connectivity index (χ0n) is 19.9. The van der Waals surface area contributed by atoms with Gasteiger partial charge in [0.05, 0.1) is 12.0 Å². The number of aryl methyl sites for hydroxylation is 3. The summed E-state index contributed by atoms with van der Waals surface area (Å²) in [6.45, 7) is 6.80. The largest absolute Gasteiger partial charge is 0.481 e. The summed E-state index contributed by atoms with van der Waals surface area (Å²) in [7, 11) is 0. The van der Waals surface area contributed by atoms with E-state index in [1.165, 1.54) is 5.56 Å². The molecule has 0 radical (unpaired) electrons. The van der Waals surface area contributed by atoms with Crippen molar-refractivity contribution in [2.45, 2.75) is 46.5 Å². The van der Waals surface area contributed by atoms with Gasteiger partial charge in [0.1, 0.15) is 5.76 Å². The highest BCUT2D eigenvalue weighted by Gasteiger charge is 2.17. The lowest BCUT2D eigenvalue weighted by Gasteiger charge is -2.28. The predicted molar refractivity (Wildman–Crippen MR) is 133 cm³/mol. The van der Waals surface area contributed by atoms with Crippen LogP contribution < -0.4 is 4.90 Å². The fraction of sp³-hybridized carbons (Fsp3) is 0.296. The second kappa shape index (κ2) is 10.4. The van der Waals surface area contributed by atoms with E-state index < -0.39 is 5.97 Å². The molecular formula is C27H30N4O3. The first kappa shape index (κ1) is 23.3. The lowest BCUT2D eigenvalue weighted by atomic mass is 10.0. The van der Waals surface area contributed by atoms with Gasteiger partial charge in [0.2, 0.25) is 0 Å². The Bertz CT molecular complexity index is 1220. The van der Waals surface area contributed by atoms with Crippen molar-refractivity contribution in [3.63, 3.8) is 0 Å². The first-order valence-electron chi connectivity index (χ1n) is 11.6. The quantitative estimate of drug-likeness (QED) is 0.283. The molecule has 7 nitrogen and oxygen atoms in total. The molecule has 0 saturated carbocycles. The summed E-state index contributed by atoms with van der Waals surface area (Å²) in [5, 5.41) is 13.1. The van der Waals surface area contributed by atoms with Crippen LogP contribution in [0.15, 0.2) is 65.7 Å². The van der Waals surface area contributed by atoms with Crippen molar-refractivity contribution in [2.75, 3.05) is 11.4 Å². The highest BCUT2D eigenvalue weighted by Crippen LogP contribution is 2.35. The summed E-state index contributed by atoms with van der Waals surface area (Å²) in [6, 6.07) is 14.8. The molecule has 2 heterocycles. The van der Waals surface area contributed by atoms with Crippen LogP contribution in [0.3, 0.4) is 0 Å². The monoisotopic (exact) mass is 458 g/mol. The summed E-state index contributed by atoms with van der Waals surface area (Å²) in [4.78, 5) is 17.3. The number of hydrogen-bond acceptors (Lipinski definition) is 5. The van der Waals surface area contributed by atoms with Crippen molar-refractivity contribution in [3.05, 3.63) is 78.2 Å². The van der Waals surface area contributed by atoms with Crippen molar-refractivity contribution in [3.8, 4) is 16.8 Å².